The molecular formula is C16H14N2O3. The van der Waals surface area contributed by atoms with Gasteiger partial charge in [-0.3, -0.25) is 4.98 Å². The molecule has 1 aromatic heterocycles. The molecule has 2 aromatic rings. The summed E-state index contributed by atoms with van der Waals surface area (Å²) in [4.78, 5) is 15.3. The van der Waals surface area contributed by atoms with E-state index in [1.807, 2.05) is 26.0 Å². The smallest absolute Gasteiger partial charge is 0.335 e. The highest BCUT2D eigenvalue weighted by atomic mass is 16.5. The average Bonchev–Trinajstić information content (AvgIpc) is 2.49. The number of nitriles is 1. The van der Waals surface area contributed by atoms with Crippen LogP contribution in [0.3, 0.4) is 0 Å². The van der Waals surface area contributed by atoms with E-state index in [9.17, 15) is 4.79 Å². The number of ether oxygens (including phenoxy) is 1. The number of aromatic nitrogens is 1. The van der Waals surface area contributed by atoms with Gasteiger partial charge in [0.15, 0.2) is 0 Å². The number of carbonyl (C=O) groups is 1. The zero-order chi connectivity index (χ0) is 15.4. The Morgan fingerprint density at radius 3 is 2.67 bits per heavy atom. The average molecular weight is 282 g/mol. The molecule has 106 valence electrons. The van der Waals surface area contributed by atoms with Gasteiger partial charge in [0.2, 0.25) is 0 Å². The van der Waals surface area contributed by atoms with Gasteiger partial charge in [0.05, 0.1) is 16.8 Å². The van der Waals surface area contributed by atoms with Crippen LogP contribution in [0.1, 0.15) is 34.2 Å². The van der Waals surface area contributed by atoms with Gasteiger partial charge in [0.1, 0.15) is 17.6 Å². The SMILES string of the molecule is CCc1nc(C)ccc1Oc1ccc(C(=O)O)cc1C#N. The van der Waals surface area contributed by atoms with E-state index in [0.717, 1.165) is 11.4 Å². The van der Waals surface area contributed by atoms with Crippen LogP contribution in [0.25, 0.3) is 0 Å². The molecule has 0 unspecified atom stereocenters. The van der Waals surface area contributed by atoms with Gasteiger partial charge in [-0.15, -0.1) is 0 Å². The van der Waals surface area contributed by atoms with Crippen LogP contribution in [-0.4, -0.2) is 16.1 Å². The lowest BCUT2D eigenvalue weighted by Gasteiger charge is -2.11. The zero-order valence-corrected chi connectivity index (χ0v) is 11.8. The maximum Gasteiger partial charge on any atom is 0.335 e. The third-order valence-electron chi connectivity index (χ3n) is 2.97. The number of pyridine rings is 1. The van der Waals surface area contributed by atoms with E-state index in [2.05, 4.69) is 4.98 Å². The van der Waals surface area contributed by atoms with Crippen LogP contribution in [0.4, 0.5) is 0 Å². The van der Waals surface area contributed by atoms with Crippen LogP contribution in [0.15, 0.2) is 30.3 Å². The van der Waals surface area contributed by atoms with E-state index in [1.165, 1.54) is 18.2 Å². The summed E-state index contributed by atoms with van der Waals surface area (Å²) < 4.78 is 5.73. The van der Waals surface area contributed by atoms with Gasteiger partial charge in [-0.2, -0.15) is 5.26 Å². The highest BCUT2D eigenvalue weighted by Crippen LogP contribution is 2.28. The van der Waals surface area contributed by atoms with Crippen molar-refractivity contribution in [2.45, 2.75) is 20.3 Å². The molecule has 0 saturated carbocycles. The van der Waals surface area contributed by atoms with Gasteiger partial charge < -0.3 is 9.84 Å². The monoisotopic (exact) mass is 282 g/mol. The highest BCUT2D eigenvalue weighted by Gasteiger charge is 2.12. The van der Waals surface area contributed by atoms with Crippen molar-refractivity contribution in [1.82, 2.24) is 4.98 Å². The van der Waals surface area contributed by atoms with Gasteiger partial charge in [-0.1, -0.05) is 6.92 Å². The number of aryl methyl sites for hydroxylation is 2. The number of carboxylic acids is 1. The standard InChI is InChI=1S/C16H14N2O3/c1-3-13-15(6-4-10(2)18-13)21-14-7-5-11(16(19)20)8-12(14)9-17/h4-8H,3H2,1-2H3,(H,19,20). The Kier molecular flexibility index (Phi) is 4.19. The number of rotatable bonds is 4. The topological polar surface area (TPSA) is 83.2 Å². The molecule has 5 nitrogen and oxygen atoms in total. The first-order valence-corrected chi connectivity index (χ1v) is 6.47. The predicted octanol–water partition coefficient (Wildman–Crippen LogP) is 3.31. The molecule has 0 atom stereocenters. The third-order valence-corrected chi connectivity index (χ3v) is 2.97. The fraction of sp³-hybridized carbons (Fsp3) is 0.188. The van der Waals surface area contributed by atoms with Crippen molar-refractivity contribution in [3.63, 3.8) is 0 Å². The second-order valence-electron chi connectivity index (χ2n) is 4.48. The van der Waals surface area contributed by atoms with E-state index >= 15 is 0 Å². The molecule has 1 heterocycles. The Bertz CT molecular complexity index is 733. The highest BCUT2D eigenvalue weighted by molar-refractivity contribution is 5.88. The quantitative estimate of drug-likeness (QED) is 0.930. The molecule has 0 aliphatic heterocycles. The molecule has 2 rings (SSSR count). The summed E-state index contributed by atoms with van der Waals surface area (Å²) >= 11 is 0. The largest absolute Gasteiger partial charge is 0.478 e. The normalized spacial score (nSPS) is 9.95. The second-order valence-corrected chi connectivity index (χ2v) is 4.48. The number of carboxylic acid groups (broad SMARTS) is 1. The number of nitrogens with zero attached hydrogens (tertiary/aromatic N) is 2. The summed E-state index contributed by atoms with van der Waals surface area (Å²) in [5.41, 5.74) is 1.91. The van der Waals surface area contributed by atoms with Crippen LogP contribution in [0.2, 0.25) is 0 Å². The van der Waals surface area contributed by atoms with Crippen LogP contribution in [0.5, 0.6) is 11.5 Å². The fourth-order valence-electron chi connectivity index (χ4n) is 1.90. The van der Waals surface area contributed by atoms with Gasteiger partial charge in [-0.25, -0.2) is 4.79 Å². The summed E-state index contributed by atoms with van der Waals surface area (Å²) in [5, 5.41) is 18.1. The minimum Gasteiger partial charge on any atom is -0.478 e. The lowest BCUT2D eigenvalue weighted by Crippen LogP contribution is -2.00. The molecule has 0 fully saturated rings. The van der Waals surface area contributed by atoms with Crippen molar-refractivity contribution in [3.05, 3.63) is 52.8 Å². The molecule has 0 bridgehead atoms. The second kappa shape index (κ2) is 6.06. The first-order chi connectivity index (χ1) is 10.0. The molecule has 0 spiro atoms. The molecule has 21 heavy (non-hydrogen) atoms. The third kappa shape index (κ3) is 3.18. The van der Waals surface area contributed by atoms with Crippen molar-refractivity contribution < 1.29 is 14.6 Å². The van der Waals surface area contributed by atoms with E-state index in [-0.39, 0.29) is 11.1 Å². The number of hydrogen-bond donors (Lipinski definition) is 1. The molecule has 0 saturated heterocycles. The van der Waals surface area contributed by atoms with Gasteiger partial charge in [0, 0.05) is 5.69 Å². The lowest BCUT2D eigenvalue weighted by atomic mass is 10.1. The lowest BCUT2D eigenvalue weighted by molar-refractivity contribution is 0.0697. The molecule has 0 aliphatic carbocycles. The molecule has 0 aliphatic rings. The van der Waals surface area contributed by atoms with Gasteiger partial charge in [0.25, 0.3) is 0 Å². The molecular weight excluding hydrogens is 268 g/mol. The van der Waals surface area contributed by atoms with Crippen LogP contribution in [0, 0.1) is 18.3 Å². The van der Waals surface area contributed by atoms with E-state index in [1.54, 1.807) is 6.07 Å². The van der Waals surface area contributed by atoms with Crippen molar-refractivity contribution >= 4 is 5.97 Å². The molecule has 5 heteroatoms. The Labute approximate surface area is 122 Å². The summed E-state index contributed by atoms with van der Waals surface area (Å²) in [6.07, 6.45) is 0.701. The Morgan fingerprint density at radius 1 is 1.33 bits per heavy atom. The first kappa shape index (κ1) is 14.5. The van der Waals surface area contributed by atoms with Crippen molar-refractivity contribution in [2.24, 2.45) is 0 Å². The van der Waals surface area contributed by atoms with Crippen LogP contribution < -0.4 is 4.74 Å². The summed E-state index contributed by atoms with van der Waals surface area (Å²) in [6.45, 7) is 3.86. The summed E-state index contributed by atoms with van der Waals surface area (Å²) in [6, 6.07) is 9.77. The van der Waals surface area contributed by atoms with E-state index < -0.39 is 5.97 Å². The fourth-order valence-corrected chi connectivity index (χ4v) is 1.90. The summed E-state index contributed by atoms with van der Waals surface area (Å²) in [5.74, 6) is -0.185. The summed E-state index contributed by atoms with van der Waals surface area (Å²) in [7, 11) is 0. The minimum absolute atomic E-state index is 0.0525. The Morgan fingerprint density at radius 2 is 2.05 bits per heavy atom. The van der Waals surface area contributed by atoms with Gasteiger partial charge in [-0.05, 0) is 43.7 Å². The molecule has 1 N–H and O–H groups in total. The molecule has 0 radical (unpaired) electrons. The van der Waals surface area contributed by atoms with Crippen molar-refractivity contribution in [2.75, 3.05) is 0 Å². The van der Waals surface area contributed by atoms with Crippen molar-refractivity contribution in [3.8, 4) is 17.6 Å². The van der Waals surface area contributed by atoms with E-state index in [4.69, 9.17) is 15.1 Å². The maximum atomic E-state index is 10.9. The maximum absolute atomic E-state index is 10.9. The first-order valence-electron chi connectivity index (χ1n) is 6.47. The van der Waals surface area contributed by atoms with Crippen LogP contribution >= 0.6 is 0 Å². The van der Waals surface area contributed by atoms with Crippen molar-refractivity contribution in [1.29, 1.82) is 5.26 Å². The predicted molar refractivity (Wildman–Crippen MR) is 76.5 cm³/mol. The number of aromatic carboxylic acids is 1. The Balaban J connectivity index is 2.40. The number of benzene rings is 1. The van der Waals surface area contributed by atoms with E-state index in [0.29, 0.717) is 17.9 Å². The molecule has 1 aromatic carbocycles. The van der Waals surface area contributed by atoms with Gasteiger partial charge >= 0.3 is 5.97 Å². The number of hydrogen-bond acceptors (Lipinski definition) is 4. The van der Waals surface area contributed by atoms with Crippen LogP contribution in [-0.2, 0) is 6.42 Å². The zero-order valence-electron chi connectivity index (χ0n) is 11.8. The Hall–Kier alpha value is -2.87. The minimum atomic E-state index is -1.08. The molecule has 0 amide bonds.